The number of carbonyl (C=O) groups is 4. The van der Waals surface area contributed by atoms with Crippen LogP contribution in [0.25, 0.3) is 10.9 Å². The molecule has 12 heteroatoms. The van der Waals surface area contributed by atoms with Gasteiger partial charge in [-0.2, -0.15) is 0 Å². The Morgan fingerprint density at radius 3 is 2.33 bits per heavy atom. The molecule has 0 saturated heterocycles. The lowest BCUT2D eigenvalue weighted by Crippen LogP contribution is -2.65. The van der Waals surface area contributed by atoms with Crippen molar-refractivity contribution in [3.8, 4) is 5.75 Å². The average molecular weight is 677 g/mol. The van der Waals surface area contributed by atoms with Crippen LogP contribution in [0.1, 0.15) is 65.2 Å². The number of aromatic amines is 1. The molecule has 6 atom stereocenters. The lowest BCUT2D eigenvalue weighted by atomic mass is 9.93. The van der Waals surface area contributed by atoms with Crippen molar-refractivity contribution < 1.29 is 29.0 Å². The molecule has 2 aromatic carbocycles. The summed E-state index contributed by atoms with van der Waals surface area (Å²) in [5, 5.41) is 23.2. The summed E-state index contributed by atoms with van der Waals surface area (Å²) in [5.41, 5.74) is 0.937. The molecular weight excluding hydrogens is 624 g/mol. The second-order valence-corrected chi connectivity index (χ2v) is 14.1. The van der Waals surface area contributed by atoms with E-state index in [1.165, 1.54) is 0 Å². The Bertz CT molecular complexity index is 1620. The number of carbonyl (C=O) groups excluding carboxylic acids is 4. The first kappa shape index (κ1) is 37.4. The van der Waals surface area contributed by atoms with Crippen molar-refractivity contribution in [3.63, 3.8) is 0 Å². The molecule has 49 heavy (non-hydrogen) atoms. The van der Waals surface area contributed by atoms with Gasteiger partial charge >= 0.3 is 0 Å². The van der Waals surface area contributed by atoms with Crippen molar-refractivity contribution in [1.82, 2.24) is 31.2 Å². The van der Waals surface area contributed by atoms with Crippen LogP contribution in [-0.2, 0) is 25.6 Å². The molecule has 0 radical (unpaired) electrons. The number of aliphatic hydroxyl groups is 1. The van der Waals surface area contributed by atoms with Crippen LogP contribution in [0.3, 0.4) is 0 Å². The third-order valence-electron chi connectivity index (χ3n) is 9.35. The zero-order chi connectivity index (χ0) is 36.0. The highest BCUT2D eigenvalue weighted by molar-refractivity contribution is 5.96. The fourth-order valence-corrected chi connectivity index (χ4v) is 6.33. The zero-order valence-electron chi connectivity index (χ0n) is 29.8. The summed E-state index contributed by atoms with van der Waals surface area (Å²) in [5.74, 6) is -1.84. The highest BCUT2D eigenvalue weighted by atomic mass is 16.5. The monoisotopic (exact) mass is 676 g/mol. The van der Waals surface area contributed by atoms with Gasteiger partial charge in [0.1, 0.15) is 29.5 Å². The summed E-state index contributed by atoms with van der Waals surface area (Å²) < 4.78 is 6.32. The molecule has 2 bridgehead atoms. The van der Waals surface area contributed by atoms with Crippen molar-refractivity contribution in [1.29, 1.82) is 0 Å². The number of amides is 4. The van der Waals surface area contributed by atoms with E-state index in [4.69, 9.17) is 4.74 Å². The molecule has 3 heterocycles. The van der Waals surface area contributed by atoms with Gasteiger partial charge in [-0.1, -0.05) is 64.4 Å². The van der Waals surface area contributed by atoms with Crippen molar-refractivity contribution in [2.75, 3.05) is 20.6 Å². The van der Waals surface area contributed by atoms with Crippen LogP contribution in [0, 0.1) is 11.8 Å². The molecule has 6 N–H and O–H groups in total. The van der Waals surface area contributed by atoms with Crippen LogP contribution >= 0.6 is 0 Å². The molecule has 0 spiro atoms. The predicted octanol–water partition coefficient (Wildman–Crippen LogP) is 2.82. The first-order valence-electron chi connectivity index (χ1n) is 17.0. The quantitative estimate of drug-likeness (QED) is 0.192. The minimum atomic E-state index is -1.33. The minimum absolute atomic E-state index is 0.0382. The van der Waals surface area contributed by atoms with Crippen LogP contribution in [0.5, 0.6) is 5.75 Å². The maximum atomic E-state index is 14.3. The molecule has 1 aromatic heterocycles. The van der Waals surface area contributed by atoms with E-state index in [2.05, 4.69) is 26.3 Å². The smallest absolute Gasteiger partial charge is 0.247 e. The fraction of sp³-hybridized carbons (Fsp3) is 0.514. The number of hydrogen-bond donors (Lipinski definition) is 6. The minimum Gasteiger partial charge on any atom is -0.485 e. The Balaban J connectivity index is 1.69. The van der Waals surface area contributed by atoms with Crippen molar-refractivity contribution in [2.45, 2.75) is 90.3 Å². The van der Waals surface area contributed by atoms with Crippen LogP contribution in [-0.4, -0.2) is 89.0 Å². The molecule has 2 aliphatic rings. The third kappa shape index (κ3) is 8.98. The summed E-state index contributed by atoms with van der Waals surface area (Å²) in [7, 11) is 3.66. The van der Waals surface area contributed by atoms with Crippen molar-refractivity contribution >= 4 is 34.5 Å². The largest absolute Gasteiger partial charge is 0.485 e. The van der Waals surface area contributed by atoms with E-state index in [-0.39, 0.29) is 30.7 Å². The lowest BCUT2D eigenvalue weighted by molar-refractivity contribution is -0.139. The number of nitrogens with one attached hydrogen (secondary N) is 5. The highest BCUT2D eigenvalue weighted by Gasteiger charge is 2.42. The van der Waals surface area contributed by atoms with Gasteiger partial charge in [0, 0.05) is 30.1 Å². The molecule has 2 aliphatic heterocycles. The van der Waals surface area contributed by atoms with Crippen LogP contribution in [0.2, 0.25) is 0 Å². The molecule has 12 nitrogen and oxygen atoms in total. The Labute approximate surface area is 288 Å². The van der Waals surface area contributed by atoms with Gasteiger partial charge in [-0.3, -0.25) is 24.1 Å². The van der Waals surface area contributed by atoms with E-state index in [1.807, 2.05) is 71.0 Å². The van der Waals surface area contributed by atoms with Gasteiger partial charge in [0.15, 0.2) is 0 Å². The zero-order valence-corrected chi connectivity index (χ0v) is 29.8. The average Bonchev–Trinajstić information content (AvgIpc) is 3.46. The number of para-hydroxylation sites is 1. The predicted molar refractivity (Wildman–Crippen MR) is 189 cm³/mol. The number of aromatic nitrogens is 1. The Morgan fingerprint density at radius 2 is 1.69 bits per heavy atom. The Morgan fingerprint density at radius 1 is 1.02 bits per heavy atom. The van der Waals surface area contributed by atoms with Crippen molar-refractivity contribution in [2.24, 2.45) is 11.8 Å². The third-order valence-corrected chi connectivity index (χ3v) is 9.35. The molecule has 0 aliphatic carbocycles. The second-order valence-electron chi connectivity index (χ2n) is 14.1. The highest BCUT2D eigenvalue weighted by Crippen LogP contribution is 2.26. The SMILES string of the molecule is CC[C@H](C)[C@@H](C(=O)N[C@H](C(=O)N[C@@H]1C(=O)N[C@@H](Cc2c[nH]c3ccccc23)C(=O)NCC(O)c2ccc(cc2)OC1(C)C)C(C)C)N(C)C. The van der Waals surface area contributed by atoms with Gasteiger partial charge in [-0.25, -0.2) is 0 Å². The fourth-order valence-electron chi connectivity index (χ4n) is 6.33. The molecule has 3 aromatic rings. The number of rotatable bonds is 10. The Kier molecular flexibility index (Phi) is 12.1. The number of hydrogen-bond acceptors (Lipinski definition) is 7. The van der Waals surface area contributed by atoms with E-state index >= 15 is 0 Å². The first-order chi connectivity index (χ1) is 23.1. The maximum absolute atomic E-state index is 14.3. The molecule has 1 unspecified atom stereocenters. The van der Waals surface area contributed by atoms with Gasteiger partial charge in [0.05, 0.1) is 12.1 Å². The summed E-state index contributed by atoms with van der Waals surface area (Å²) in [4.78, 5) is 60.6. The molecule has 266 valence electrons. The van der Waals surface area contributed by atoms with Crippen LogP contribution in [0.4, 0.5) is 0 Å². The Hall–Kier alpha value is -4.42. The number of aliphatic hydroxyl groups excluding tert-OH is 1. The number of likely N-dealkylation sites (N-methyl/N-ethyl adjacent to an activating group) is 1. The van der Waals surface area contributed by atoms with Gasteiger partial charge in [0.25, 0.3) is 0 Å². The van der Waals surface area contributed by atoms with E-state index in [1.54, 1.807) is 44.3 Å². The number of fused-ring (bicyclic) bond motifs is 12. The number of ether oxygens (including phenoxy) is 1. The summed E-state index contributed by atoms with van der Waals surface area (Å²) in [6, 6.07) is 10.6. The molecule has 0 fully saturated rings. The van der Waals surface area contributed by atoms with Gasteiger partial charge in [0.2, 0.25) is 23.6 Å². The van der Waals surface area contributed by atoms with Gasteiger partial charge in [-0.05, 0) is 69.1 Å². The molecule has 5 rings (SSSR count). The van der Waals surface area contributed by atoms with E-state index in [9.17, 15) is 24.3 Å². The van der Waals surface area contributed by atoms with Crippen LogP contribution in [0.15, 0.2) is 54.7 Å². The standard InChI is InChI=1S/C37H52N6O6/c1-9-22(4)31(43(7)8)35(47)41-30(21(2)3)34(46)42-32-36(48)40-28(18-24-19-38-27-13-11-10-12-26(24)27)33(45)39-20-29(44)23-14-16-25(17-15-23)49-37(32,5)6/h10-17,19,21-22,28-32,38,44H,9,18,20H2,1-8H3,(H,39,45)(H,40,48)(H,41,47)(H,42,46)/t22-,28-,29?,30-,31-,32+/m0/s1. The molecule has 0 saturated carbocycles. The maximum Gasteiger partial charge on any atom is 0.247 e. The van der Waals surface area contributed by atoms with Crippen molar-refractivity contribution in [3.05, 3.63) is 65.9 Å². The van der Waals surface area contributed by atoms with Gasteiger partial charge in [-0.15, -0.1) is 0 Å². The van der Waals surface area contributed by atoms with E-state index in [0.29, 0.717) is 11.3 Å². The topological polar surface area (TPSA) is 165 Å². The number of nitrogens with zero attached hydrogens (tertiary/aromatic N) is 1. The summed E-state index contributed by atoms with van der Waals surface area (Å²) in [6.45, 7) is 10.9. The van der Waals surface area contributed by atoms with Gasteiger partial charge < -0.3 is 36.1 Å². The first-order valence-corrected chi connectivity index (χ1v) is 17.0. The summed E-state index contributed by atoms with van der Waals surface area (Å²) >= 11 is 0. The number of benzene rings is 2. The molecule has 4 amide bonds. The second kappa shape index (κ2) is 15.9. The summed E-state index contributed by atoms with van der Waals surface area (Å²) in [6.07, 6.45) is 1.73. The van der Waals surface area contributed by atoms with E-state index < -0.39 is 53.6 Å². The normalized spacial score (nSPS) is 21.7. The van der Waals surface area contributed by atoms with E-state index in [0.717, 1.165) is 22.9 Å². The van der Waals surface area contributed by atoms with Crippen LogP contribution < -0.4 is 26.0 Å². The number of H-pyrrole nitrogens is 1. The lowest BCUT2D eigenvalue weighted by Gasteiger charge is -2.37. The molecular formula is C37H52N6O6.